The molecule has 1 heterocycles. The number of aryl methyl sites for hydroxylation is 1. The van der Waals surface area contributed by atoms with Crippen molar-refractivity contribution >= 4 is 23.0 Å². The van der Waals surface area contributed by atoms with Crippen molar-refractivity contribution in [2.24, 2.45) is 0 Å². The van der Waals surface area contributed by atoms with Crippen LogP contribution in [0.5, 0.6) is 11.5 Å². The second-order valence-electron chi connectivity index (χ2n) is 10.1. The van der Waals surface area contributed by atoms with Gasteiger partial charge >= 0.3 is 17.7 Å². The van der Waals surface area contributed by atoms with Crippen LogP contribution in [0.25, 0.3) is 22.1 Å². The molecule has 0 saturated carbocycles. The lowest BCUT2D eigenvalue weighted by Crippen LogP contribution is -2.46. The van der Waals surface area contributed by atoms with E-state index >= 15 is 0 Å². The summed E-state index contributed by atoms with van der Waals surface area (Å²) >= 11 is 0. The molecule has 3 aromatic carbocycles. The molecule has 1 atom stereocenters. The molecule has 0 aliphatic rings. The summed E-state index contributed by atoms with van der Waals surface area (Å²) in [6, 6.07) is 20.4. The average Bonchev–Trinajstić information content (AvgIpc) is 2.89. The highest BCUT2D eigenvalue weighted by molar-refractivity contribution is 5.96. The zero-order valence-corrected chi connectivity index (χ0v) is 22.6. The summed E-state index contributed by atoms with van der Waals surface area (Å²) < 4.78 is 21.9. The molecule has 0 spiro atoms. The zero-order valence-electron chi connectivity index (χ0n) is 22.6. The molecule has 1 unspecified atom stereocenters. The predicted octanol–water partition coefficient (Wildman–Crippen LogP) is 5.82. The van der Waals surface area contributed by atoms with Gasteiger partial charge in [-0.15, -0.1) is 0 Å². The Morgan fingerprint density at radius 3 is 2.31 bits per heavy atom. The number of rotatable bonds is 7. The highest BCUT2D eigenvalue weighted by Gasteiger charge is 2.27. The maximum Gasteiger partial charge on any atom is 0.408 e. The summed E-state index contributed by atoms with van der Waals surface area (Å²) in [6.07, 6.45) is -0.534. The Balaban J connectivity index is 1.65. The molecule has 8 heteroatoms. The fourth-order valence-electron chi connectivity index (χ4n) is 4.14. The number of methoxy groups -OCH3 is 1. The number of fused-ring (bicyclic) bond motifs is 1. The van der Waals surface area contributed by atoms with Gasteiger partial charge in [-0.05, 0) is 68.7 Å². The molecule has 0 bridgehead atoms. The second kappa shape index (κ2) is 11.4. The topological polar surface area (TPSA) is 104 Å². The van der Waals surface area contributed by atoms with Crippen molar-refractivity contribution in [1.29, 1.82) is 0 Å². The van der Waals surface area contributed by atoms with Crippen molar-refractivity contribution in [2.45, 2.75) is 45.8 Å². The van der Waals surface area contributed by atoms with E-state index in [-0.39, 0.29) is 12.2 Å². The Bertz CT molecular complexity index is 1530. The zero-order chi connectivity index (χ0) is 28.2. The summed E-state index contributed by atoms with van der Waals surface area (Å²) in [5, 5.41) is 3.31. The van der Waals surface area contributed by atoms with Crippen molar-refractivity contribution < 1.29 is 28.2 Å². The third-order valence-corrected chi connectivity index (χ3v) is 5.98. The van der Waals surface area contributed by atoms with E-state index in [1.165, 1.54) is 6.07 Å². The quantitative estimate of drug-likeness (QED) is 0.183. The maximum atomic E-state index is 13.3. The standard InChI is InChI=1S/C31H31NO7/c1-19-26(16-15-23-24(18-27(33)38-28(19)23)21-11-13-22(36-5)14-12-21)37-29(34)25(17-20-9-7-6-8-10-20)32-30(35)39-31(2,3)4/h6-16,18,25H,17H2,1-5H3,(H,32,35). The minimum Gasteiger partial charge on any atom is -0.497 e. The van der Waals surface area contributed by atoms with Crippen molar-refractivity contribution in [3.63, 3.8) is 0 Å². The van der Waals surface area contributed by atoms with Crippen LogP contribution in [0.15, 0.2) is 82.0 Å². The normalized spacial score (nSPS) is 12.0. The summed E-state index contributed by atoms with van der Waals surface area (Å²) in [6.45, 7) is 6.93. The van der Waals surface area contributed by atoms with E-state index in [0.29, 0.717) is 27.8 Å². The lowest BCUT2D eigenvalue weighted by molar-refractivity contribution is -0.136. The number of alkyl carbamates (subject to hydrolysis) is 1. The number of hydrogen-bond donors (Lipinski definition) is 1. The number of nitrogens with one attached hydrogen (secondary N) is 1. The van der Waals surface area contributed by atoms with E-state index in [0.717, 1.165) is 11.1 Å². The molecule has 202 valence electrons. The summed E-state index contributed by atoms with van der Waals surface area (Å²) in [7, 11) is 1.58. The number of amides is 1. The highest BCUT2D eigenvalue weighted by atomic mass is 16.6. The van der Waals surface area contributed by atoms with Crippen molar-refractivity contribution in [3.8, 4) is 22.6 Å². The number of carbonyl (C=O) groups excluding carboxylic acids is 2. The van der Waals surface area contributed by atoms with Crippen LogP contribution in [0.3, 0.4) is 0 Å². The van der Waals surface area contributed by atoms with E-state index in [2.05, 4.69) is 5.32 Å². The minimum absolute atomic E-state index is 0.197. The van der Waals surface area contributed by atoms with Gasteiger partial charge in [0.25, 0.3) is 0 Å². The first-order valence-corrected chi connectivity index (χ1v) is 12.5. The van der Waals surface area contributed by atoms with Crippen LogP contribution >= 0.6 is 0 Å². The molecule has 4 rings (SSSR count). The monoisotopic (exact) mass is 529 g/mol. The summed E-state index contributed by atoms with van der Waals surface area (Å²) in [5.41, 5.74) is 1.83. The third kappa shape index (κ3) is 6.84. The first-order valence-electron chi connectivity index (χ1n) is 12.5. The van der Waals surface area contributed by atoms with E-state index in [1.54, 1.807) is 46.9 Å². The predicted molar refractivity (Wildman–Crippen MR) is 148 cm³/mol. The molecule has 0 saturated heterocycles. The van der Waals surface area contributed by atoms with Crippen LogP contribution in [-0.4, -0.2) is 30.8 Å². The Kier molecular flexibility index (Phi) is 8.04. The average molecular weight is 530 g/mol. The summed E-state index contributed by atoms with van der Waals surface area (Å²) in [4.78, 5) is 38.3. The lowest BCUT2D eigenvalue weighted by atomic mass is 10.00. The van der Waals surface area contributed by atoms with Crippen molar-refractivity contribution in [1.82, 2.24) is 5.32 Å². The fraction of sp³-hybridized carbons (Fsp3) is 0.258. The first-order chi connectivity index (χ1) is 18.5. The third-order valence-electron chi connectivity index (χ3n) is 5.98. The van der Waals surface area contributed by atoms with E-state index in [1.807, 2.05) is 54.6 Å². The molecule has 0 radical (unpaired) electrons. The van der Waals surface area contributed by atoms with Crippen LogP contribution in [0, 0.1) is 6.92 Å². The molecule has 0 aliphatic heterocycles. The van der Waals surface area contributed by atoms with E-state index < -0.39 is 29.3 Å². The lowest BCUT2D eigenvalue weighted by Gasteiger charge is -2.23. The number of ether oxygens (including phenoxy) is 3. The minimum atomic E-state index is -1.02. The first kappa shape index (κ1) is 27.4. The van der Waals surface area contributed by atoms with Crippen LogP contribution < -0.4 is 20.4 Å². The van der Waals surface area contributed by atoms with Gasteiger partial charge in [-0.2, -0.15) is 0 Å². The van der Waals surface area contributed by atoms with Crippen LogP contribution in [0.1, 0.15) is 31.9 Å². The Labute approximate surface area is 226 Å². The highest BCUT2D eigenvalue weighted by Crippen LogP contribution is 2.34. The van der Waals surface area contributed by atoms with Crippen molar-refractivity contribution in [2.75, 3.05) is 7.11 Å². The molecular formula is C31H31NO7. The Morgan fingerprint density at radius 1 is 0.974 bits per heavy atom. The SMILES string of the molecule is COc1ccc(-c2cc(=O)oc3c(C)c(OC(=O)C(Cc4ccccc4)NC(=O)OC(C)(C)C)ccc23)cc1. The number of esters is 1. The van der Waals surface area contributed by atoms with Crippen LogP contribution in [-0.2, 0) is 16.0 Å². The summed E-state index contributed by atoms with van der Waals surface area (Å²) in [5.74, 6) is 0.230. The van der Waals surface area contributed by atoms with E-state index in [9.17, 15) is 14.4 Å². The van der Waals surface area contributed by atoms with Gasteiger partial charge in [0, 0.05) is 23.4 Å². The van der Waals surface area contributed by atoms with E-state index in [4.69, 9.17) is 18.6 Å². The largest absolute Gasteiger partial charge is 0.497 e. The van der Waals surface area contributed by atoms with Gasteiger partial charge in [0.15, 0.2) is 0 Å². The van der Waals surface area contributed by atoms with Gasteiger partial charge in [-0.25, -0.2) is 14.4 Å². The van der Waals surface area contributed by atoms with Gasteiger partial charge in [0.1, 0.15) is 28.7 Å². The van der Waals surface area contributed by atoms with Gasteiger partial charge < -0.3 is 23.9 Å². The van der Waals surface area contributed by atoms with Crippen LogP contribution in [0.2, 0.25) is 0 Å². The van der Waals surface area contributed by atoms with Gasteiger partial charge in [0.2, 0.25) is 0 Å². The molecule has 0 aliphatic carbocycles. The molecule has 8 nitrogen and oxygen atoms in total. The number of benzene rings is 3. The maximum absolute atomic E-state index is 13.3. The smallest absolute Gasteiger partial charge is 0.408 e. The number of hydrogen-bond acceptors (Lipinski definition) is 7. The Hall–Kier alpha value is -4.59. The van der Waals surface area contributed by atoms with Crippen LogP contribution in [0.4, 0.5) is 4.79 Å². The molecule has 1 aromatic heterocycles. The molecule has 1 amide bonds. The number of carbonyl (C=O) groups is 2. The van der Waals surface area contributed by atoms with Crippen molar-refractivity contribution in [3.05, 3.63) is 94.3 Å². The van der Waals surface area contributed by atoms with Gasteiger partial charge in [-0.1, -0.05) is 42.5 Å². The molecule has 4 aromatic rings. The Morgan fingerprint density at radius 2 is 1.67 bits per heavy atom. The fourth-order valence-corrected chi connectivity index (χ4v) is 4.14. The molecular weight excluding hydrogens is 498 g/mol. The van der Waals surface area contributed by atoms with Gasteiger partial charge in [-0.3, -0.25) is 0 Å². The molecule has 39 heavy (non-hydrogen) atoms. The van der Waals surface area contributed by atoms with Gasteiger partial charge in [0.05, 0.1) is 7.11 Å². The second-order valence-corrected chi connectivity index (χ2v) is 10.1. The molecule has 0 fully saturated rings. The molecule has 1 N–H and O–H groups in total.